The lowest BCUT2D eigenvalue weighted by Gasteiger charge is -2.03. The minimum Gasteiger partial charge on any atom is -0.478 e. The number of para-hydroxylation sites is 1. The quantitative estimate of drug-likeness (QED) is 0.713. The van der Waals surface area contributed by atoms with E-state index < -0.39 is 5.97 Å². The monoisotopic (exact) mass is 267 g/mol. The van der Waals surface area contributed by atoms with E-state index in [1.54, 1.807) is 18.6 Å². The van der Waals surface area contributed by atoms with Crippen LogP contribution in [-0.4, -0.2) is 25.6 Å². The molecule has 0 aliphatic carbocycles. The SMILES string of the molecule is O=C(O)C=Cc1[nH]c2ccccc2c1Cn1ccnc1. The Morgan fingerprint density at radius 1 is 1.40 bits per heavy atom. The highest BCUT2D eigenvalue weighted by Crippen LogP contribution is 2.24. The molecule has 2 aromatic heterocycles. The second-order valence-corrected chi connectivity index (χ2v) is 4.47. The standard InChI is InChI=1S/C15H13N3O2/c19-15(20)6-5-14-12(9-18-8-7-16-10-18)11-3-1-2-4-13(11)17-14/h1-8,10,17H,9H2,(H,19,20). The van der Waals surface area contributed by atoms with Crippen molar-refractivity contribution in [2.75, 3.05) is 0 Å². The number of hydrogen-bond acceptors (Lipinski definition) is 2. The minimum absolute atomic E-state index is 0.642. The van der Waals surface area contributed by atoms with Crippen LogP contribution in [0, 0.1) is 0 Å². The van der Waals surface area contributed by atoms with Gasteiger partial charge in [0, 0.05) is 40.6 Å². The first-order chi connectivity index (χ1) is 9.74. The number of imidazole rings is 1. The van der Waals surface area contributed by atoms with Crippen LogP contribution in [0.15, 0.2) is 49.1 Å². The van der Waals surface area contributed by atoms with E-state index in [4.69, 9.17) is 5.11 Å². The molecule has 100 valence electrons. The molecule has 0 aliphatic rings. The summed E-state index contributed by atoms with van der Waals surface area (Å²) in [6.45, 7) is 0.642. The number of carboxylic acids is 1. The first-order valence-electron chi connectivity index (χ1n) is 6.20. The van der Waals surface area contributed by atoms with E-state index >= 15 is 0 Å². The highest BCUT2D eigenvalue weighted by atomic mass is 16.4. The highest BCUT2D eigenvalue weighted by molar-refractivity contribution is 5.90. The van der Waals surface area contributed by atoms with Crippen molar-refractivity contribution in [1.29, 1.82) is 0 Å². The molecule has 0 atom stereocenters. The zero-order valence-electron chi connectivity index (χ0n) is 10.7. The van der Waals surface area contributed by atoms with Gasteiger partial charge in [0.05, 0.1) is 12.9 Å². The number of H-pyrrole nitrogens is 1. The average Bonchev–Trinajstić information content (AvgIpc) is 3.05. The topological polar surface area (TPSA) is 70.9 Å². The summed E-state index contributed by atoms with van der Waals surface area (Å²) in [5.74, 6) is -0.961. The zero-order chi connectivity index (χ0) is 13.9. The normalized spacial score (nSPS) is 11.4. The van der Waals surface area contributed by atoms with E-state index in [0.29, 0.717) is 6.54 Å². The number of aliphatic carboxylic acids is 1. The third-order valence-corrected chi connectivity index (χ3v) is 3.14. The van der Waals surface area contributed by atoms with Crippen LogP contribution < -0.4 is 0 Å². The van der Waals surface area contributed by atoms with Gasteiger partial charge in [-0.15, -0.1) is 0 Å². The lowest BCUT2D eigenvalue weighted by atomic mass is 10.1. The fourth-order valence-corrected chi connectivity index (χ4v) is 2.25. The molecule has 0 radical (unpaired) electrons. The number of carboxylic acid groups (broad SMARTS) is 1. The Balaban J connectivity index is 2.10. The van der Waals surface area contributed by atoms with Crippen LogP contribution in [0.2, 0.25) is 0 Å². The number of rotatable bonds is 4. The minimum atomic E-state index is -0.961. The number of carbonyl (C=O) groups is 1. The molecule has 20 heavy (non-hydrogen) atoms. The van der Waals surface area contributed by atoms with Crippen LogP contribution in [0.5, 0.6) is 0 Å². The Morgan fingerprint density at radius 3 is 3.00 bits per heavy atom. The Morgan fingerprint density at radius 2 is 2.25 bits per heavy atom. The van der Waals surface area contributed by atoms with E-state index in [1.165, 1.54) is 0 Å². The predicted molar refractivity (Wildman–Crippen MR) is 76.3 cm³/mol. The maximum absolute atomic E-state index is 10.7. The number of aromatic nitrogens is 3. The number of aromatic amines is 1. The Hall–Kier alpha value is -2.82. The molecule has 0 amide bonds. The molecule has 0 saturated carbocycles. The van der Waals surface area contributed by atoms with Gasteiger partial charge < -0.3 is 14.7 Å². The lowest BCUT2D eigenvalue weighted by Crippen LogP contribution is -1.97. The largest absolute Gasteiger partial charge is 0.478 e. The van der Waals surface area contributed by atoms with Gasteiger partial charge in [-0.25, -0.2) is 9.78 Å². The van der Waals surface area contributed by atoms with Gasteiger partial charge in [0.15, 0.2) is 0 Å². The van der Waals surface area contributed by atoms with Gasteiger partial charge in [-0.1, -0.05) is 18.2 Å². The first kappa shape index (κ1) is 12.2. The summed E-state index contributed by atoms with van der Waals surface area (Å²) in [4.78, 5) is 18.0. The molecule has 0 unspecified atom stereocenters. The molecular weight excluding hydrogens is 254 g/mol. The summed E-state index contributed by atoms with van der Waals surface area (Å²) >= 11 is 0. The highest BCUT2D eigenvalue weighted by Gasteiger charge is 2.09. The molecular formula is C15H13N3O2. The molecule has 3 rings (SSSR count). The van der Waals surface area contributed by atoms with Crippen LogP contribution in [0.3, 0.4) is 0 Å². The summed E-state index contributed by atoms with van der Waals surface area (Å²) in [6, 6.07) is 7.92. The van der Waals surface area contributed by atoms with Crippen molar-refractivity contribution in [2.45, 2.75) is 6.54 Å². The predicted octanol–water partition coefficient (Wildman–Crippen LogP) is 2.51. The number of hydrogen-bond donors (Lipinski definition) is 2. The van der Waals surface area contributed by atoms with Crippen molar-refractivity contribution in [3.8, 4) is 0 Å². The van der Waals surface area contributed by atoms with Crippen molar-refractivity contribution in [3.63, 3.8) is 0 Å². The van der Waals surface area contributed by atoms with Gasteiger partial charge in [-0.2, -0.15) is 0 Å². The molecule has 3 aromatic rings. The number of nitrogens with zero attached hydrogens (tertiary/aromatic N) is 2. The van der Waals surface area contributed by atoms with Gasteiger partial charge in [0.1, 0.15) is 0 Å². The van der Waals surface area contributed by atoms with Crippen molar-refractivity contribution in [1.82, 2.24) is 14.5 Å². The van der Waals surface area contributed by atoms with E-state index in [2.05, 4.69) is 9.97 Å². The lowest BCUT2D eigenvalue weighted by molar-refractivity contribution is -0.131. The molecule has 1 aromatic carbocycles. The fraction of sp³-hybridized carbons (Fsp3) is 0.0667. The smallest absolute Gasteiger partial charge is 0.328 e. The van der Waals surface area contributed by atoms with Crippen molar-refractivity contribution >= 4 is 22.9 Å². The Bertz CT molecular complexity index is 770. The van der Waals surface area contributed by atoms with Crippen LogP contribution in [-0.2, 0) is 11.3 Å². The molecule has 2 heterocycles. The van der Waals surface area contributed by atoms with Crippen LogP contribution >= 0.6 is 0 Å². The summed E-state index contributed by atoms with van der Waals surface area (Å²) in [7, 11) is 0. The molecule has 0 saturated heterocycles. The van der Waals surface area contributed by atoms with E-state index in [0.717, 1.165) is 28.2 Å². The zero-order valence-corrected chi connectivity index (χ0v) is 10.7. The van der Waals surface area contributed by atoms with Crippen molar-refractivity contribution < 1.29 is 9.90 Å². The third-order valence-electron chi connectivity index (χ3n) is 3.14. The summed E-state index contributed by atoms with van der Waals surface area (Å²) in [5, 5.41) is 9.87. The first-order valence-corrected chi connectivity index (χ1v) is 6.20. The second-order valence-electron chi connectivity index (χ2n) is 4.47. The second kappa shape index (κ2) is 5.05. The molecule has 5 heteroatoms. The van der Waals surface area contributed by atoms with Crippen LogP contribution in [0.1, 0.15) is 11.3 Å². The van der Waals surface area contributed by atoms with E-state index in [-0.39, 0.29) is 0 Å². The van der Waals surface area contributed by atoms with Crippen LogP contribution in [0.4, 0.5) is 0 Å². The molecule has 0 bridgehead atoms. The molecule has 5 nitrogen and oxygen atoms in total. The number of nitrogens with one attached hydrogen (secondary N) is 1. The number of benzene rings is 1. The van der Waals surface area contributed by atoms with Crippen molar-refractivity contribution in [3.05, 3.63) is 60.3 Å². The number of fused-ring (bicyclic) bond motifs is 1. The molecule has 0 aliphatic heterocycles. The van der Waals surface area contributed by atoms with Crippen molar-refractivity contribution in [2.24, 2.45) is 0 Å². The average molecular weight is 267 g/mol. The maximum Gasteiger partial charge on any atom is 0.328 e. The van der Waals surface area contributed by atoms with Gasteiger partial charge in [-0.3, -0.25) is 0 Å². The maximum atomic E-state index is 10.7. The van der Waals surface area contributed by atoms with Crippen LogP contribution in [0.25, 0.3) is 17.0 Å². The van der Waals surface area contributed by atoms with Gasteiger partial charge in [-0.05, 0) is 12.1 Å². The molecule has 2 N–H and O–H groups in total. The van der Waals surface area contributed by atoms with E-state index in [9.17, 15) is 4.79 Å². The fourth-order valence-electron chi connectivity index (χ4n) is 2.25. The summed E-state index contributed by atoms with van der Waals surface area (Å²) in [5.41, 5.74) is 2.85. The summed E-state index contributed by atoms with van der Waals surface area (Å²) < 4.78 is 1.95. The van der Waals surface area contributed by atoms with E-state index in [1.807, 2.05) is 35.0 Å². The third kappa shape index (κ3) is 2.33. The molecule has 0 spiro atoms. The van der Waals surface area contributed by atoms with Gasteiger partial charge in [0.25, 0.3) is 0 Å². The molecule has 0 fully saturated rings. The Labute approximate surface area is 115 Å². The van der Waals surface area contributed by atoms with Gasteiger partial charge >= 0.3 is 5.97 Å². The summed E-state index contributed by atoms with van der Waals surface area (Å²) in [6.07, 6.45) is 8.08. The Kier molecular flexibility index (Phi) is 3.09. The van der Waals surface area contributed by atoms with Gasteiger partial charge in [0.2, 0.25) is 0 Å².